The molecule has 1 fully saturated rings. The molecule has 0 spiro atoms. The lowest BCUT2D eigenvalue weighted by molar-refractivity contribution is 0.122. The van der Waals surface area contributed by atoms with Crippen molar-refractivity contribution in [2.24, 2.45) is 0 Å². The lowest BCUT2D eigenvalue weighted by Crippen LogP contribution is -2.36. The molecule has 8 heteroatoms. The Balaban J connectivity index is 1.66. The molecule has 5 rings (SSSR count). The van der Waals surface area contributed by atoms with E-state index in [1.54, 1.807) is 7.11 Å². The highest BCUT2D eigenvalue weighted by atomic mass is 79.9. The van der Waals surface area contributed by atoms with Crippen molar-refractivity contribution in [3.05, 3.63) is 40.5 Å². The molecule has 0 aliphatic carbocycles. The van der Waals surface area contributed by atoms with Crippen LogP contribution in [0.4, 0.5) is 5.69 Å². The summed E-state index contributed by atoms with van der Waals surface area (Å²) in [6.07, 6.45) is 0. The van der Waals surface area contributed by atoms with Crippen LogP contribution in [0.5, 0.6) is 0 Å². The fourth-order valence-corrected chi connectivity index (χ4v) is 4.54. The van der Waals surface area contributed by atoms with Gasteiger partial charge in [0.15, 0.2) is 5.58 Å². The molecule has 0 bridgehead atoms. The predicted molar refractivity (Wildman–Crippen MR) is 120 cm³/mol. The van der Waals surface area contributed by atoms with Crippen molar-refractivity contribution in [1.82, 2.24) is 14.7 Å². The first-order valence-corrected chi connectivity index (χ1v) is 10.8. The van der Waals surface area contributed by atoms with Crippen molar-refractivity contribution in [3.8, 4) is 11.4 Å². The van der Waals surface area contributed by atoms with E-state index in [-0.39, 0.29) is 0 Å². The number of imidazole rings is 1. The molecule has 7 nitrogen and oxygen atoms in total. The van der Waals surface area contributed by atoms with Crippen LogP contribution in [0.25, 0.3) is 33.4 Å². The van der Waals surface area contributed by atoms with Gasteiger partial charge in [0.05, 0.1) is 41.0 Å². The van der Waals surface area contributed by atoms with Crippen molar-refractivity contribution in [2.75, 3.05) is 44.9 Å². The number of methoxy groups -OCH3 is 1. The fourth-order valence-electron chi connectivity index (χ4n) is 4.01. The second-order valence-corrected chi connectivity index (χ2v) is 8.31. The number of hydrogen-bond acceptors (Lipinski definition) is 6. The third-order valence-corrected chi connectivity index (χ3v) is 6.18. The van der Waals surface area contributed by atoms with Crippen LogP contribution in [0.15, 0.2) is 39.3 Å². The van der Waals surface area contributed by atoms with Gasteiger partial charge in [0.25, 0.3) is 0 Å². The number of hydrogen-bond donors (Lipinski definition) is 0. The lowest BCUT2D eigenvalue weighted by atomic mass is 10.1. The number of rotatable bonds is 5. The fraction of sp³-hybridized carbons (Fsp3) is 0.364. The molecule has 2 aromatic carbocycles. The number of aryl methyl sites for hydroxylation is 1. The van der Waals surface area contributed by atoms with E-state index in [0.29, 0.717) is 13.2 Å². The van der Waals surface area contributed by atoms with E-state index in [9.17, 15) is 0 Å². The summed E-state index contributed by atoms with van der Waals surface area (Å²) in [6.45, 7) is 6.60. The number of halogens is 1. The molecule has 0 unspecified atom stereocenters. The minimum Gasteiger partial charge on any atom is -0.383 e. The van der Waals surface area contributed by atoms with Gasteiger partial charge in [-0.2, -0.15) is 0 Å². The monoisotopic (exact) mass is 470 g/mol. The molecule has 0 radical (unpaired) electrons. The highest BCUT2D eigenvalue weighted by molar-refractivity contribution is 9.10. The van der Waals surface area contributed by atoms with E-state index in [1.165, 1.54) is 5.69 Å². The van der Waals surface area contributed by atoms with Crippen molar-refractivity contribution in [2.45, 2.75) is 13.5 Å². The van der Waals surface area contributed by atoms with Gasteiger partial charge in [-0.3, -0.25) is 0 Å². The van der Waals surface area contributed by atoms with Crippen molar-refractivity contribution >= 4 is 43.6 Å². The SMILES string of the molecule is COCCn1c(-c2cc(Br)c3onc(C)c3c2)nc2ccc(N3CCOCC3)cc21. The zero-order chi connectivity index (χ0) is 20.7. The molecule has 1 aliphatic rings. The molecular formula is C22H23BrN4O3. The zero-order valence-electron chi connectivity index (χ0n) is 17.0. The normalized spacial score (nSPS) is 14.8. The standard InChI is InChI=1S/C22H23BrN4O3/c1-14-17-11-15(12-18(23)21(17)30-25-14)22-24-19-4-3-16(26-5-9-29-10-6-26)13-20(19)27(22)7-8-28-2/h3-4,11-13H,5-10H2,1-2H3. The van der Waals surface area contributed by atoms with Gasteiger partial charge in [0.2, 0.25) is 0 Å². The summed E-state index contributed by atoms with van der Waals surface area (Å²) < 4.78 is 19.4. The smallest absolute Gasteiger partial charge is 0.181 e. The summed E-state index contributed by atoms with van der Waals surface area (Å²) in [6, 6.07) is 10.6. The Morgan fingerprint density at radius 3 is 2.80 bits per heavy atom. The lowest BCUT2D eigenvalue weighted by Gasteiger charge is -2.28. The number of aromatic nitrogens is 3. The maximum absolute atomic E-state index is 5.50. The summed E-state index contributed by atoms with van der Waals surface area (Å²) in [5, 5.41) is 5.09. The van der Waals surface area contributed by atoms with Crippen LogP contribution in [0.3, 0.4) is 0 Å². The Hall–Kier alpha value is -2.42. The summed E-state index contributed by atoms with van der Waals surface area (Å²) >= 11 is 3.63. The van der Waals surface area contributed by atoms with Gasteiger partial charge in [0, 0.05) is 43.4 Å². The van der Waals surface area contributed by atoms with Crippen LogP contribution >= 0.6 is 15.9 Å². The zero-order valence-corrected chi connectivity index (χ0v) is 18.6. The molecule has 156 valence electrons. The Morgan fingerprint density at radius 2 is 2.00 bits per heavy atom. The quantitative estimate of drug-likeness (QED) is 0.430. The van der Waals surface area contributed by atoms with Gasteiger partial charge in [-0.05, 0) is 53.2 Å². The number of morpholine rings is 1. The van der Waals surface area contributed by atoms with Crippen LogP contribution in [0.2, 0.25) is 0 Å². The maximum Gasteiger partial charge on any atom is 0.181 e. The molecule has 3 heterocycles. The highest BCUT2D eigenvalue weighted by Gasteiger charge is 2.19. The van der Waals surface area contributed by atoms with Crippen LogP contribution in [-0.2, 0) is 16.0 Å². The first-order valence-electron chi connectivity index (χ1n) is 10.0. The van der Waals surface area contributed by atoms with E-state index in [0.717, 1.165) is 69.9 Å². The third kappa shape index (κ3) is 3.38. The molecule has 0 atom stereocenters. The van der Waals surface area contributed by atoms with Crippen LogP contribution in [-0.4, -0.2) is 54.7 Å². The van der Waals surface area contributed by atoms with E-state index in [2.05, 4.69) is 54.8 Å². The summed E-state index contributed by atoms with van der Waals surface area (Å²) in [7, 11) is 1.72. The number of fused-ring (bicyclic) bond motifs is 2. The van der Waals surface area contributed by atoms with Crippen molar-refractivity contribution in [1.29, 1.82) is 0 Å². The van der Waals surface area contributed by atoms with Gasteiger partial charge in [-0.15, -0.1) is 0 Å². The van der Waals surface area contributed by atoms with E-state index in [1.807, 2.05) is 13.0 Å². The van der Waals surface area contributed by atoms with E-state index in [4.69, 9.17) is 19.0 Å². The molecule has 2 aromatic heterocycles. The Labute approximate surface area is 182 Å². The molecule has 1 aliphatic heterocycles. The minimum atomic E-state index is 0.607. The molecular weight excluding hydrogens is 448 g/mol. The average molecular weight is 471 g/mol. The minimum absolute atomic E-state index is 0.607. The highest BCUT2D eigenvalue weighted by Crippen LogP contribution is 2.34. The summed E-state index contributed by atoms with van der Waals surface area (Å²) in [5.41, 5.74) is 5.90. The summed E-state index contributed by atoms with van der Waals surface area (Å²) in [5.74, 6) is 0.907. The van der Waals surface area contributed by atoms with Gasteiger partial charge < -0.3 is 23.5 Å². The molecule has 0 N–H and O–H groups in total. The van der Waals surface area contributed by atoms with Crippen LogP contribution in [0.1, 0.15) is 5.69 Å². The summed E-state index contributed by atoms with van der Waals surface area (Å²) in [4.78, 5) is 7.34. The number of ether oxygens (including phenoxy) is 2. The molecule has 4 aromatic rings. The van der Waals surface area contributed by atoms with Gasteiger partial charge in [0.1, 0.15) is 5.82 Å². The van der Waals surface area contributed by atoms with Crippen LogP contribution < -0.4 is 4.90 Å². The van der Waals surface area contributed by atoms with Gasteiger partial charge in [-0.25, -0.2) is 4.98 Å². The predicted octanol–water partition coefficient (Wildman–Crippen LogP) is 4.40. The topological polar surface area (TPSA) is 65.5 Å². The van der Waals surface area contributed by atoms with Gasteiger partial charge in [-0.1, -0.05) is 5.16 Å². The molecule has 30 heavy (non-hydrogen) atoms. The number of nitrogens with zero attached hydrogens (tertiary/aromatic N) is 4. The van der Waals surface area contributed by atoms with Crippen molar-refractivity contribution < 1.29 is 14.0 Å². The molecule has 1 saturated heterocycles. The molecule has 0 saturated carbocycles. The second-order valence-electron chi connectivity index (χ2n) is 7.46. The van der Waals surface area contributed by atoms with E-state index >= 15 is 0 Å². The van der Waals surface area contributed by atoms with E-state index < -0.39 is 0 Å². The van der Waals surface area contributed by atoms with Crippen LogP contribution in [0, 0.1) is 6.92 Å². The Morgan fingerprint density at radius 1 is 1.17 bits per heavy atom. The first kappa shape index (κ1) is 19.5. The molecule has 0 amide bonds. The average Bonchev–Trinajstić information content (AvgIpc) is 3.33. The Kier molecular flexibility index (Phi) is 5.22. The first-order chi connectivity index (χ1) is 14.7. The van der Waals surface area contributed by atoms with Crippen molar-refractivity contribution in [3.63, 3.8) is 0 Å². The second kappa shape index (κ2) is 8.02. The van der Waals surface area contributed by atoms with Gasteiger partial charge >= 0.3 is 0 Å². The number of anilines is 1. The Bertz CT molecular complexity index is 1210. The maximum atomic E-state index is 5.50. The number of benzene rings is 2. The largest absolute Gasteiger partial charge is 0.383 e. The third-order valence-electron chi connectivity index (χ3n) is 5.59.